The van der Waals surface area contributed by atoms with E-state index in [-0.39, 0.29) is 5.84 Å². The van der Waals surface area contributed by atoms with Gasteiger partial charge in [-0.1, -0.05) is 39.0 Å². The molecule has 23 heavy (non-hydrogen) atoms. The Labute approximate surface area is 138 Å². The number of aliphatic imine (C=N–C) groups is 1. The summed E-state index contributed by atoms with van der Waals surface area (Å²) in [5, 5.41) is 7.84. The summed E-state index contributed by atoms with van der Waals surface area (Å²) >= 11 is 0. The Morgan fingerprint density at radius 1 is 0.957 bits per heavy atom. The highest BCUT2D eigenvalue weighted by Crippen LogP contribution is 2.33. The van der Waals surface area contributed by atoms with E-state index in [0.717, 1.165) is 12.0 Å². The Balaban J connectivity index is 1.96. The monoisotopic (exact) mass is 317 g/mol. The maximum Gasteiger partial charge on any atom is 0.161 e. The summed E-state index contributed by atoms with van der Waals surface area (Å²) in [5.74, 6) is 1.90. The van der Waals surface area contributed by atoms with Crippen LogP contribution in [0.2, 0.25) is 0 Å². The third-order valence-corrected chi connectivity index (χ3v) is 3.90. The van der Waals surface area contributed by atoms with Crippen molar-refractivity contribution in [3.63, 3.8) is 0 Å². The highest BCUT2D eigenvalue weighted by Gasteiger charge is 2.22. The molecule has 0 aliphatic carbocycles. The highest BCUT2D eigenvalue weighted by molar-refractivity contribution is 6.21. The molecule has 0 unspecified atom stereocenters. The second-order valence-corrected chi connectivity index (χ2v) is 5.74. The highest BCUT2D eigenvalue weighted by atomic mass is 16.5. The lowest BCUT2D eigenvalue weighted by Crippen LogP contribution is -2.11. The van der Waals surface area contributed by atoms with Crippen molar-refractivity contribution in [1.82, 2.24) is 0 Å². The number of unbranched alkanes of at least 4 members (excludes halogenated alkanes) is 5. The second kappa shape index (κ2) is 8.56. The normalized spacial score (nSPS) is 13.0. The summed E-state index contributed by atoms with van der Waals surface area (Å²) in [6.45, 7) is 5.37. The van der Waals surface area contributed by atoms with Gasteiger partial charge in [0, 0.05) is 11.1 Å². The Kier molecular flexibility index (Phi) is 6.44. The molecule has 0 amide bonds. The van der Waals surface area contributed by atoms with Crippen molar-refractivity contribution in [3.8, 4) is 11.5 Å². The van der Waals surface area contributed by atoms with Gasteiger partial charge in [0.05, 0.1) is 13.2 Å². The van der Waals surface area contributed by atoms with Crippen LogP contribution in [-0.4, -0.2) is 24.9 Å². The topological polar surface area (TPSA) is 80.7 Å². The van der Waals surface area contributed by atoms with Crippen molar-refractivity contribution >= 4 is 11.7 Å². The van der Waals surface area contributed by atoms with Gasteiger partial charge in [0.2, 0.25) is 0 Å². The summed E-state index contributed by atoms with van der Waals surface area (Å²) in [6.07, 6.45) is 7.35. The molecule has 0 saturated carbocycles. The van der Waals surface area contributed by atoms with Gasteiger partial charge in [-0.25, -0.2) is 4.99 Å². The van der Waals surface area contributed by atoms with E-state index in [9.17, 15) is 0 Å². The van der Waals surface area contributed by atoms with E-state index < -0.39 is 0 Å². The molecular weight excluding hydrogens is 290 g/mol. The molecule has 0 fully saturated rings. The van der Waals surface area contributed by atoms with Gasteiger partial charge < -0.3 is 15.2 Å². The molecule has 3 N–H and O–H groups in total. The fourth-order valence-corrected chi connectivity index (χ4v) is 2.65. The van der Waals surface area contributed by atoms with Gasteiger partial charge in [-0.3, -0.25) is 5.41 Å². The van der Waals surface area contributed by atoms with Crippen molar-refractivity contribution < 1.29 is 9.47 Å². The molecule has 0 spiro atoms. The minimum absolute atomic E-state index is 0.181. The van der Waals surface area contributed by atoms with Crippen LogP contribution in [0.15, 0.2) is 17.1 Å². The fraction of sp³-hybridized carbons (Fsp3) is 0.556. The summed E-state index contributed by atoms with van der Waals surface area (Å²) in [7, 11) is 0. The molecule has 1 heterocycles. The van der Waals surface area contributed by atoms with E-state index in [1.54, 1.807) is 6.07 Å². The van der Waals surface area contributed by atoms with Gasteiger partial charge in [-0.2, -0.15) is 0 Å². The number of nitrogens with zero attached hydrogens (tertiary/aromatic N) is 1. The third kappa shape index (κ3) is 4.47. The van der Waals surface area contributed by atoms with Gasteiger partial charge in [0.15, 0.2) is 17.3 Å². The first kappa shape index (κ1) is 17.3. The van der Waals surface area contributed by atoms with Gasteiger partial charge in [0.25, 0.3) is 0 Å². The van der Waals surface area contributed by atoms with E-state index >= 15 is 0 Å². The van der Waals surface area contributed by atoms with E-state index in [1.165, 1.54) is 32.1 Å². The van der Waals surface area contributed by atoms with Crippen LogP contribution in [-0.2, 0) is 0 Å². The Morgan fingerprint density at radius 3 is 2.35 bits per heavy atom. The summed E-state index contributed by atoms with van der Waals surface area (Å²) in [4.78, 5) is 4.00. The molecule has 126 valence electrons. The summed E-state index contributed by atoms with van der Waals surface area (Å²) < 4.78 is 11.5. The minimum Gasteiger partial charge on any atom is -0.490 e. The average molecular weight is 317 g/mol. The van der Waals surface area contributed by atoms with Crippen LogP contribution in [0.1, 0.15) is 63.5 Å². The van der Waals surface area contributed by atoms with Crippen molar-refractivity contribution in [2.75, 3.05) is 13.2 Å². The molecule has 0 aromatic heterocycles. The van der Waals surface area contributed by atoms with Crippen molar-refractivity contribution in [1.29, 1.82) is 5.41 Å². The van der Waals surface area contributed by atoms with Crippen LogP contribution in [0.25, 0.3) is 0 Å². The number of amidine groups is 2. The van der Waals surface area contributed by atoms with Gasteiger partial charge >= 0.3 is 0 Å². The molecule has 0 bridgehead atoms. The molecule has 0 radical (unpaired) electrons. The van der Waals surface area contributed by atoms with Crippen LogP contribution in [0, 0.1) is 5.41 Å². The lowest BCUT2D eigenvalue weighted by atomic mass is 10.1. The number of ether oxygens (including phenoxy) is 2. The van der Waals surface area contributed by atoms with E-state index in [4.69, 9.17) is 20.6 Å². The summed E-state index contributed by atoms with van der Waals surface area (Å²) in [5.41, 5.74) is 7.33. The number of nitrogens with two attached hydrogens (primary N) is 1. The zero-order valence-electron chi connectivity index (χ0n) is 14.2. The zero-order chi connectivity index (χ0) is 16.7. The van der Waals surface area contributed by atoms with Crippen LogP contribution in [0.4, 0.5) is 0 Å². The molecular formula is C18H27N3O2. The van der Waals surface area contributed by atoms with Crippen molar-refractivity contribution in [2.45, 2.75) is 52.4 Å². The predicted octanol–water partition coefficient (Wildman–Crippen LogP) is 3.87. The van der Waals surface area contributed by atoms with E-state index in [0.29, 0.717) is 36.1 Å². The van der Waals surface area contributed by atoms with Crippen LogP contribution >= 0.6 is 0 Å². The minimum atomic E-state index is 0.181. The zero-order valence-corrected chi connectivity index (χ0v) is 14.2. The lowest BCUT2D eigenvalue weighted by Gasteiger charge is -2.14. The van der Waals surface area contributed by atoms with Gasteiger partial charge in [0.1, 0.15) is 5.84 Å². The first-order valence-corrected chi connectivity index (χ1v) is 8.54. The SMILES string of the molecule is CCCCCCCCOc1cc2c(cc1OCC)C(=N)N=C2N. The largest absolute Gasteiger partial charge is 0.490 e. The van der Waals surface area contributed by atoms with Crippen LogP contribution in [0.5, 0.6) is 11.5 Å². The Hall–Kier alpha value is -2.04. The smallest absolute Gasteiger partial charge is 0.161 e. The molecule has 1 aromatic rings. The fourth-order valence-electron chi connectivity index (χ4n) is 2.65. The van der Waals surface area contributed by atoms with E-state index in [2.05, 4.69) is 11.9 Å². The van der Waals surface area contributed by atoms with Crippen LogP contribution in [0.3, 0.4) is 0 Å². The second-order valence-electron chi connectivity index (χ2n) is 5.74. The molecule has 0 atom stereocenters. The molecule has 2 rings (SSSR count). The van der Waals surface area contributed by atoms with Gasteiger partial charge in [-0.05, 0) is 25.5 Å². The molecule has 5 nitrogen and oxygen atoms in total. The molecule has 0 saturated heterocycles. The lowest BCUT2D eigenvalue weighted by molar-refractivity contribution is 0.270. The Bertz CT molecular complexity index is 582. The number of fused-ring (bicyclic) bond motifs is 1. The predicted molar refractivity (Wildman–Crippen MR) is 94.0 cm³/mol. The van der Waals surface area contributed by atoms with Gasteiger partial charge in [-0.15, -0.1) is 0 Å². The molecule has 1 aliphatic heterocycles. The molecule has 5 heteroatoms. The Morgan fingerprint density at radius 2 is 1.61 bits per heavy atom. The van der Waals surface area contributed by atoms with Crippen molar-refractivity contribution in [3.05, 3.63) is 23.3 Å². The quantitative estimate of drug-likeness (QED) is 0.643. The third-order valence-electron chi connectivity index (χ3n) is 3.90. The summed E-state index contributed by atoms with van der Waals surface area (Å²) in [6, 6.07) is 3.65. The van der Waals surface area contributed by atoms with Crippen LogP contribution < -0.4 is 15.2 Å². The first-order valence-electron chi connectivity index (χ1n) is 8.54. The maximum absolute atomic E-state index is 7.84. The number of rotatable bonds is 10. The number of hydrogen-bond donors (Lipinski definition) is 2. The first-order chi connectivity index (χ1) is 11.2. The number of hydrogen-bond acceptors (Lipinski definition) is 4. The molecule has 1 aromatic carbocycles. The number of nitrogens with one attached hydrogen (secondary N) is 1. The van der Waals surface area contributed by atoms with Crippen molar-refractivity contribution in [2.24, 2.45) is 10.7 Å². The van der Waals surface area contributed by atoms with E-state index in [1.807, 2.05) is 13.0 Å². The standard InChI is InChI=1S/C18H27N3O2/c1-3-5-6-7-8-9-10-23-16-12-14-13(11-15(16)22-4-2)17(19)21-18(14)20/h11-12H,3-10H2,1-2H3,(H3,19,20,21). The number of benzene rings is 1. The average Bonchev–Trinajstić information content (AvgIpc) is 2.81. The maximum atomic E-state index is 7.84. The molecule has 1 aliphatic rings.